The van der Waals surface area contributed by atoms with Gasteiger partial charge in [-0.05, 0) is 41.9 Å². The summed E-state index contributed by atoms with van der Waals surface area (Å²) in [6, 6.07) is 3.75. The highest BCUT2D eigenvalue weighted by atomic mass is 32.2. The van der Waals surface area contributed by atoms with Gasteiger partial charge in [0.1, 0.15) is 0 Å². The lowest BCUT2D eigenvalue weighted by atomic mass is 10.3. The SMILES string of the molecule is CCNCc1cc(S(=O)(=O)N(C)Cc2ccsc2)c(C)s1. The van der Waals surface area contributed by atoms with Crippen molar-refractivity contribution in [3.05, 3.63) is 38.2 Å². The van der Waals surface area contributed by atoms with Crippen molar-refractivity contribution in [2.45, 2.75) is 31.8 Å². The Labute approximate surface area is 134 Å². The average molecular weight is 345 g/mol. The van der Waals surface area contributed by atoms with E-state index in [2.05, 4.69) is 5.32 Å². The van der Waals surface area contributed by atoms with E-state index in [9.17, 15) is 8.42 Å². The minimum absolute atomic E-state index is 0.406. The zero-order chi connectivity index (χ0) is 15.5. The van der Waals surface area contributed by atoms with E-state index in [0.717, 1.165) is 21.9 Å². The highest BCUT2D eigenvalue weighted by Crippen LogP contribution is 2.28. The van der Waals surface area contributed by atoms with Crippen molar-refractivity contribution in [2.24, 2.45) is 0 Å². The van der Waals surface area contributed by atoms with E-state index >= 15 is 0 Å². The van der Waals surface area contributed by atoms with Gasteiger partial charge < -0.3 is 5.32 Å². The molecule has 0 saturated heterocycles. The number of thiophene rings is 2. The van der Waals surface area contributed by atoms with Crippen LogP contribution in [0.4, 0.5) is 0 Å². The van der Waals surface area contributed by atoms with Gasteiger partial charge in [-0.25, -0.2) is 8.42 Å². The third-order valence-corrected chi connectivity index (χ3v) is 6.99. The Morgan fingerprint density at radius 1 is 1.38 bits per heavy atom. The van der Waals surface area contributed by atoms with Crippen LogP contribution in [-0.4, -0.2) is 26.3 Å². The van der Waals surface area contributed by atoms with Crippen LogP contribution in [0.5, 0.6) is 0 Å². The molecule has 0 atom stereocenters. The summed E-state index contributed by atoms with van der Waals surface area (Å²) in [6.07, 6.45) is 0. The molecule has 0 unspecified atom stereocenters. The third-order valence-electron chi connectivity index (χ3n) is 3.15. The fourth-order valence-corrected chi connectivity index (χ4v) is 5.40. The first-order valence-electron chi connectivity index (χ1n) is 6.72. The molecule has 0 aromatic carbocycles. The van der Waals surface area contributed by atoms with Crippen LogP contribution < -0.4 is 5.32 Å². The molecule has 0 saturated carbocycles. The van der Waals surface area contributed by atoms with Gasteiger partial charge >= 0.3 is 0 Å². The topological polar surface area (TPSA) is 49.4 Å². The Hall–Kier alpha value is -0.730. The lowest BCUT2D eigenvalue weighted by molar-refractivity contribution is 0.467. The summed E-state index contributed by atoms with van der Waals surface area (Å²) in [5.41, 5.74) is 1.02. The van der Waals surface area contributed by atoms with Gasteiger partial charge in [-0.15, -0.1) is 11.3 Å². The maximum Gasteiger partial charge on any atom is 0.244 e. The third kappa shape index (κ3) is 3.92. The Morgan fingerprint density at radius 2 is 2.14 bits per heavy atom. The van der Waals surface area contributed by atoms with E-state index in [1.54, 1.807) is 35.8 Å². The van der Waals surface area contributed by atoms with Crippen molar-refractivity contribution in [1.82, 2.24) is 9.62 Å². The van der Waals surface area contributed by atoms with Gasteiger partial charge in [0.2, 0.25) is 10.0 Å². The number of sulfonamides is 1. The molecule has 0 aliphatic rings. The summed E-state index contributed by atoms with van der Waals surface area (Å²) in [5, 5.41) is 7.16. The summed E-state index contributed by atoms with van der Waals surface area (Å²) in [6.45, 7) is 5.89. The van der Waals surface area contributed by atoms with Crippen molar-refractivity contribution < 1.29 is 8.42 Å². The molecule has 21 heavy (non-hydrogen) atoms. The molecule has 0 radical (unpaired) electrons. The number of hydrogen-bond acceptors (Lipinski definition) is 5. The minimum atomic E-state index is -3.43. The Morgan fingerprint density at radius 3 is 2.76 bits per heavy atom. The fraction of sp³-hybridized carbons (Fsp3) is 0.429. The molecule has 0 amide bonds. The molecule has 0 bridgehead atoms. The van der Waals surface area contributed by atoms with Gasteiger partial charge in [0, 0.05) is 29.9 Å². The quantitative estimate of drug-likeness (QED) is 0.840. The Bertz CT molecular complexity index is 675. The van der Waals surface area contributed by atoms with Gasteiger partial charge in [0.25, 0.3) is 0 Å². The molecule has 4 nitrogen and oxygen atoms in total. The maximum atomic E-state index is 12.7. The Balaban J connectivity index is 2.20. The average Bonchev–Trinajstić information content (AvgIpc) is 3.06. The summed E-state index contributed by atoms with van der Waals surface area (Å²) in [4.78, 5) is 2.33. The predicted molar refractivity (Wildman–Crippen MR) is 89.4 cm³/mol. The molecule has 7 heteroatoms. The van der Waals surface area contributed by atoms with Gasteiger partial charge in [0.15, 0.2) is 0 Å². The standard InChI is InChI=1S/C14H20N2O2S3/c1-4-15-8-13-7-14(11(2)20-13)21(17,18)16(3)9-12-5-6-19-10-12/h5-7,10,15H,4,8-9H2,1-3H3. The number of rotatable bonds is 7. The highest BCUT2D eigenvalue weighted by molar-refractivity contribution is 7.89. The van der Waals surface area contributed by atoms with E-state index in [4.69, 9.17) is 0 Å². The van der Waals surface area contributed by atoms with Crippen LogP contribution in [0.15, 0.2) is 27.8 Å². The van der Waals surface area contributed by atoms with Crippen LogP contribution in [0, 0.1) is 6.92 Å². The lowest BCUT2D eigenvalue weighted by Gasteiger charge is -2.16. The Kier molecular flexibility index (Phi) is 5.56. The first kappa shape index (κ1) is 16.6. The van der Waals surface area contributed by atoms with E-state index in [0.29, 0.717) is 18.0 Å². The molecular weight excluding hydrogens is 324 g/mol. The van der Waals surface area contributed by atoms with Crippen molar-refractivity contribution in [2.75, 3.05) is 13.6 Å². The van der Waals surface area contributed by atoms with Gasteiger partial charge in [-0.2, -0.15) is 15.6 Å². The largest absolute Gasteiger partial charge is 0.312 e. The molecule has 0 spiro atoms. The number of hydrogen-bond donors (Lipinski definition) is 1. The molecule has 0 aliphatic heterocycles. The highest BCUT2D eigenvalue weighted by Gasteiger charge is 2.25. The minimum Gasteiger partial charge on any atom is -0.312 e. The van der Waals surface area contributed by atoms with E-state index in [-0.39, 0.29) is 0 Å². The molecule has 2 heterocycles. The first-order valence-corrected chi connectivity index (χ1v) is 9.92. The molecule has 0 fully saturated rings. The predicted octanol–water partition coefficient (Wildman–Crippen LogP) is 3.05. The monoisotopic (exact) mass is 344 g/mol. The van der Waals surface area contributed by atoms with Crippen molar-refractivity contribution in [3.8, 4) is 0 Å². The van der Waals surface area contributed by atoms with Gasteiger partial charge in [-0.1, -0.05) is 6.92 Å². The van der Waals surface area contributed by atoms with Gasteiger partial charge in [-0.3, -0.25) is 0 Å². The zero-order valence-electron chi connectivity index (χ0n) is 12.4. The summed E-state index contributed by atoms with van der Waals surface area (Å²) in [5.74, 6) is 0. The first-order chi connectivity index (χ1) is 9.95. The fourth-order valence-electron chi connectivity index (χ4n) is 2.01. The number of nitrogens with one attached hydrogen (secondary N) is 1. The smallest absolute Gasteiger partial charge is 0.244 e. The van der Waals surface area contributed by atoms with Crippen molar-refractivity contribution in [1.29, 1.82) is 0 Å². The summed E-state index contributed by atoms with van der Waals surface area (Å²) >= 11 is 3.12. The van der Waals surface area contributed by atoms with Crippen molar-refractivity contribution in [3.63, 3.8) is 0 Å². The molecule has 2 aromatic heterocycles. The molecule has 0 aliphatic carbocycles. The number of nitrogens with zero attached hydrogens (tertiary/aromatic N) is 1. The van der Waals surface area contributed by atoms with Crippen LogP contribution in [0.2, 0.25) is 0 Å². The van der Waals surface area contributed by atoms with E-state index in [1.807, 2.05) is 30.7 Å². The van der Waals surface area contributed by atoms with Crippen LogP contribution in [0.1, 0.15) is 22.2 Å². The summed E-state index contributed by atoms with van der Waals surface area (Å²) < 4.78 is 26.8. The molecular formula is C14H20N2O2S3. The normalized spacial score (nSPS) is 12.2. The molecule has 1 N–H and O–H groups in total. The molecule has 2 aromatic rings. The van der Waals surface area contributed by atoms with E-state index < -0.39 is 10.0 Å². The second kappa shape index (κ2) is 7.02. The van der Waals surface area contributed by atoms with E-state index in [1.165, 1.54) is 4.31 Å². The van der Waals surface area contributed by atoms with Crippen LogP contribution in [-0.2, 0) is 23.1 Å². The summed E-state index contributed by atoms with van der Waals surface area (Å²) in [7, 11) is -1.80. The van der Waals surface area contributed by atoms with Crippen LogP contribution in [0.25, 0.3) is 0 Å². The van der Waals surface area contributed by atoms with Crippen molar-refractivity contribution >= 4 is 32.7 Å². The number of aryl methyl sites for hydroxylation is 1. The van der Waals surface area contributed by atoms with Crippen LogP contribution in [0.3, 0.4) is 0 Å². The molecule has 2 rings (SSSR count). The van der Waals surface area contributed by atoms with Gasteiger partial charge in [0.05, 0.1) is 4.90 Å². The maximum absolute atomic E-state index is 12.7. The zero-order valence-corrected chi connectivity index (χ0v) is 14.9. The second-order valence-corrected chi connectivity index (χ2v) is 8.94. The molecule has 116 valence electrons. The lowest BCUT2D eigenvalue weighted by Crippen LogP contribution is -2.26. The van der Waals surface area contributed by atoms with Crippen LogP contribution >= 0.6 is 22.7 Å². The second-order valence-electron chi connectivity index (χ2n) is 4.81.